The van der Waals surface area contributed by atoms with Crippen molar-refractivity contribution < 1.29 is 14.4 Å². The fourth-order valence-electron chi connectivity index (χ4n) is 2.82. The monoisotopic (exact) mass is 393 g/mol. The van der Waals surface area contributed by atoms with Crippen LogP contribution in [0.4, 0.5) is 0 Å². The van der Waals surface area contributed by atoms with E-state index in [0.29, 0.717) is 4.88 Å². The minimum Gasteiger partial charge on any atom is -0.363 e. The van der Waals surface area contributed by atoms with Crippen LogP contribution in [0.2, 0.25) is 0 Å². The molecule has 1 unspecified atom stereocenters. The average Bonchev–Trinajstić information content (AvgIpc) is 3.10. The van der Waals surface area contributed by atoms with E-state index in [9.17, 15) is 14.4 Å². The highest BCUT2D eigenvalue weighted by atomic mass is 32.1. The summed E-state index contributed by atoms with van der Waals surface area (Å²) in [5.41, 5.74) is 7.07. The SMILES string of the molecule is Cc1nc(C(=O)NC(Cc2ccccc2)C(=O)C(N)=O)c(-c2ccccc2)s1. The predicted molar refractivity (Wildman–Crippen MR) is 108 cm³/mol. The lowest BCUT2D eigenvalue weighted by Crippen LogP contribution is -2.47. The van der Waals surface area contributed by atoms with Gasteiger partial charge in [0.15, 0.2) is 0 Å². The molecule has 2 amide bonds. The van der Waals surface area contributed by atoms with Crippen molar-refractivity contribution in [2.75, 3.05) is 0 Å². The van der Waals surface area contributed by atoms with Gasteiger partial charge in [0.05, 0.1) is 9.88 Å². The van der Waals surface area contributed by atoms with Crippen LogP contribution in [0, 0.1) is 6.92 Å². The van der Waals surface area contributed by atoms with Crippen molar-refractivity contribution in [3.63, 3.8) is 0 Å². The second-order valence-corrected chi connectivity index (χ2v) is 7.42. The normalized spacial score (nSPS) is 11.6. The summed E-state index contributed by atoms with van der Waals surface area (Å²) in [7, 11) is 0. The number of amides is 2. The molecule has 6 nitrogen and oxygen atoms in total. The molecule has 1 atom stereocenters. The van der Waals surface area contributed by atoms with Crippen LogP contribution in [0.1, 0.15) is 21.1 Å². The van der Waals surface area contributed by atoms with Crippen molar-refractivity contribution in [2.24, 2.45) is 5.73 Å². The summed E-state index contributed by atoms with van der Waals surface area (Å²) in [5, 5.41) is 3.37. The van der Waals surface area contributed by atoms with Crippen LogP contribution in [0.3, 0.4) is 0 Å². The quantitative estimate of drug-likeness (QED) is 0.602. The smallest absolute Gasteiger partial charge is 0.287 e. The number of aryl methyl sites for hydroxylation is 1. The van der Waals surface area contributed by atoms with E-state index in [2.05, 4.69) is 10.3 Å². The molecule has 28 heavy (non-hydrogen) atoms. The van der Waals surface area contributed by atoms with Gasteiger partial charge in [0.25, 0.3) is 11.8 Å². The number of Topliss-reactive ketones (excluding diaryl/α,β-unsaturated/α-hetero) is 1. The van der Waals surface area contributed by atoms with Crippen LogP contribution in [0.25, 0.3) is 10.4 Å². The number of carbonyl (C=O) groups excluding carboxylic acids is 3. The number of aromatic nitrogens is 1. The third-order valence-corrected chi connectivity index (χ3v) is 5.15. The summed E-state index contributed by atoms with van der Waals surface area (Å²) in [6, 6.07) is 17.5. The number of hydrogen-bond acceptors (Lipinski definition) is 5. The number of rotatable bonds is 7. The molecule has 0 fully saturated rings. The Balaban J connectivity index is 1.88. The summed E-state index contributed by atoms with van der Waals surface area (Å²) in [4.78, 5) is 41.7. The standard InChI is InChI=1S/C21H19N3O3S/c1-13-23-17(19(28-13)15-10-6-3-7-11-15)21(27)24-16(18(25)20(22)26)12-14-8-4-2-5-9-14/h2-11,16H,12H2,1H3,(H2,22,26)(H,24,27). The van der Waals surface area contributed by atoms with Crippen molar-refractivity contribution in [3.05, 3.63) is 76.9 Å². The maximum absolute atomic E-state index is 12.9. The molecule has 3 rings (SSSR count). The van der Waals surface area contributed by atoms with Crippen molar-refractivity contribution in [1.82, 2.24) is 10.3 Å². The van der Waals surface area contributed by atoms with Crippen LogP contribution >= 0.6 is 11.3 Å². The van der Waals surface area contributed by atoms with Crippen molar-refractivity contribution >= 4 is 28.9 Å². The second kappa shape index (κ2) is 8.58. The summed E-state index contributed by atoms with van der Waals surface area (Å²) in [6.45, 7) is 1.81. The van der Waals surface area contributed by atoms with Gasteiger partial charge in [0.1, 0.15) is 11.7 Å². The molecule has 0 bridgehead atoms. The molecular weight excluding hydrogens is 374 g/mol. The van der Waals surface area contributed by atoms with Crippen molar-refractivity contribution in [3.8, 4) is 10.4 Å². The molecule has 0 radical (unpaired) electrons. The largest absolute Gasteiger partial charge is 0.363 e. The molecule has 2 aromatic carbocycles. The molecule has 1 heterocycles. The van der Waals surface area contributed by atoms with Gasteiger partial charge in [-0.25, -0.2) is 4.98 Å². The van der Waals surface area contributed by atoms with Crippen LogP contribution < -0.4 is 11.1 Å². The minimum atomic E-state index is -1.08. The molecular formula is C21H19N3O3S. The Morgan fingerprint density at radius 3 is 2.25 bits per heavy atom. The highest BCUT2D eigenvalue weighted by molar-refractivity contribution is 7.15. The molecule has 3 aromatic rings. The number of hydrogen-bond donors (Lipinski definition) is 2. The first kappa shape index (κ1) is 19.4. The number of nitrogens with zero attached hydrogens (tertiary/aromatic N) is 1. The Labute approximate surface area is 166 Å². The number of primary amides is 1. The number of thiazole rings is 1. The zero-order chi connectivity index (χ0) is 20.1. The number of carbonyl (C=O) groups is 3. The molecule has 0 aliphatic heterocycles. The average molecular weight is 393 g/mol. The predicted octanol–water partition coefficient (Wildman–Crippen LogP) is 2.51. The zero-order valence-electron chi connectivity index (χ0n) is 15.2. The van der Waals surface area contributed by atoms with E-state index >= 15 is 0 Å². The van der Waals surface area contributed by atoms with Gasteiger partial charge in [-0.15, -0.1) is 11.3 Å². The van der Waals surface area contributed by atoms with E-state index in [-0.39, 0.29) is 12.1 Å². The maximum atomic E-state index is 12.9. The van der Waals surface area contributed by atoms with Gasteiger partial charge in [0, 0.05) is 6.42 Å². The van der Waals surface area contributed by atoms with Gasteiger partial charge in [-0.1, -0.05) is 60.7 Å². The van der Waals surface area contributed by atoms with E-state index in [4.69, 9.17) is 5.73 Å². The third kappa shape index (κ3) is 4.50. The molecule has 3 N–H and O–H groups in total. The molecule has 0 spiro atoms. The summed E-state index contributed by atoms with van der Waals surface area (Å²) < 4.78 is 0. The molecule has 142 valence electrons. The Morgan fingerprint density at radius 1 is 1.04 bits per heavy atom. The van der Waals surface area contributed by atoms with E-state index in [1.54, 1.807) is 0 Å². The van der Waals surface area contributed by atoms with E-state index in [0.717, 1.165) is 16.1 Å². The lowest BCUT2D eigenvalue weighted by atomic mass is 10.0. The Bertz CT molecular complexity index is 1000. The molecule has 0 aliphatic rings. The second-order valence-electron chi connectivity index (χ2n) is 6.22. The van der Waals surface area contributed by atoms with E-state index < -0.39 is 23.6 Å². The number of ketones is 1. The zero-order valence-corrected chi connectivity index (χ0v) is 16.0. The van der Waals surface area contributed by atoms with Gasteiger partial charge in [-0.3, -0.25) is 14.4 Å². The first-order valence-corrected chi connectivity index (χ1v) is 9.48. The molecule has 0 saturated carbocycles. The van der Waals surface area contributed by atoms with Crippen LogP contribution in [-0.4, -0.2) is 28.6 Å². The first-order valence-electron chi connectivity index (χ1n) is 8.67. The lowest BCUT2D eigenvalue weighted by Gasteiger charge is -2.16. The van der Waals surface area contributed by atoms with Gasteiger partial charge in [-0.05, 0) is 18.1 Å². The minimum absolute atomic E-state index is 0.165. The number of nitrogens with two attached hydrogens (primary N) is 1. The highest BCUT2D eigenvalue weighted by Crippen LogP contribution is 2.30. The van der Waals surface area contributed by atoms with Crippen LogP contribution in [-0.2, 0) is 16.0 Å². The molecule has 0 saturated heterocycles. The topological polar surface area (TPSA) is 102 Å². The first-order chi connectivity index (χ1) is 13.5. The van der Waals surface area contributed by atoms with E-state index in [1.807, 2.05) is 67.6 Å². The lowest BCUT2D eigenvalue weighted by molar-refractivity contribution is -0.137. The summed E-state index contributed by atoms with van der Waals surface area (Å²) in [6.07, 6.45) is 0.165. The number of benzene rings is 2. The fraction of sp³-hybridized carbons (Fsp3) is 0.143. The molecule has 0 aliphatic carbocycles. The van der Waals surface area contributed by atoms with Crippen LogP contribution in [0.5, 0.6) is 0 Å². The van der Waals surface area contributed by atoms with Gasteiger partial charge in [0.2, 0.25) is 5.78 Å². The number of nitrogens with one attached hydrogen (secondary N) is 1. The van der Waals surface area contributed by atoms with E-state index in [1.165, 1.54) is 11.3 Å². The molecule has 1 aromatic heterocycles. The van der Waals surface area contributed by atoms with Crippen molar-refractivity contribution in [2.45, 2.75) is 19.4 Å². The van der Waals surface area contributed by atoms with Gasteiger partial charge in [-0.2, -0.15) is 0 Å². The van der Waals surface area contributed by atoms with Crippen molar-refractivity contribution in [1.29, 1.82) is 0 Å². The Morgan fingerprint density at radius 2 is 1.64 bits per heavy atom. The van der Waals surface area contributed by atoms with Gasteiger partial charge < -0.3 is 11.1 Å². The maximum Gasteiger partial charge on any atom is 0.287 e. The van der Waals surface area contributed by atoms with Gasteiger partial charge >= 0.3 is 0 Å². The summed E-state index contributed by atoms with van der Waals surface area (Å²) >= 11 is 1.39. The highest BCUT2D eigenvalue weighted by Gasteiger charge is 2.28. The molecule has 7 heteroatoms. The third-order valence-electron chi connectivity index (χ3n) is 4.13. The van der Waals surface area contributed by atoms with Crippen LogP contribution in [0.15, 0.2) is 60.7 Å². The summed E-state index contributed by atoms with van der Waals surface area (Å²) in [5.74, 6) is -2.44. The Kier molecular flexibility index (Phi) is 5.96. The Hall–Kier alpha value is -3.32. The fourth-order valence-corrected chi connectivity index (χ4v) is 3.74.